The molecule has 0 aromatic heterocycles. The molecule has 1 heterocycles. The first-order valence-electron chi connectivity index (χ1n) is 14.0. The summed E-state index contributed by atoms with van der Waals surface area (Å²) in [5.74, 6) is -6.02. The number of ether oxygens (including phenoxy) is 4. The van der Waals surface area contributed by atoms with E-state index in [4.69, 9.17) is 18.9 Å². The lowest BCUT2D eigenvalue weighted by Gasteiger charge is -2.53. The van der Waals surface area contributed by atoms with Crippen LogP contribution in [0.2, 0.25) is 0 Å². The summed E-state index contributed by atoms with van der Waals surface area (Å²) in [7, 11) is 0. The van der Waals surface area contributed by atoms with Crippen molar-refractivity contribution in [1.29, 1.82) is 0 Å². The van der Waals surface area contributed by atoms with E-state index < -0.39 is 94.5 Å². The van der Waals surface area contributed by atoms with Gasteiger partial charge in [-0.2, -0.15) is 0 Å². The summed E-state index contributed by atoms with van der Waals surface area (Å²) in [5, 5.41) is 23.9. The number of esters is 3. The van der Waals surface area contributed by atoms with Crippen LogP contribution < -0.4 is 0 Å². The number of aliphatic hydroxyl groups excluding tert-OH is 1. The Labute approximate surface area is 239 Å². The van der Waals surface area contributed by atoms with Crippen LogP contribution in [0.15, 0.2) is 42.5 Å². The van der Waals surface area contributed by atoms with Gasteiger partial charge in [-0.15, -0.1) is 0 Å². The molecule has 1 saturated heterocycles. The summed E-state index contributed by atoms with van der Waals surface area (Å²) in [6.45, 7) is 8.92. The van der Waals surface area contributed by atoms with Crippen molar-refractivity contribution in [3.8, 4) is 0 Å². The Morgan fingerprint density at radius 2 is 1.68 bits per heavy atom. The maximum atomic E-state index is 14.6. The lowest BCUT2D eigenvalue weighted by molar-refractivity contribution is -0.201. The average molecular weight is 571 g/mol. The van der Waals surface area contributed by atoms with E-state index in [0.29, 0.717) is 0 Å². The fourth-order valence-electron chi connectivity index (χ4n) is 8.29. The van der Waals surface area contributed by atoms with E-state index in [1.165, 1.54) is 13.8 Å². The van der Waals surface area contributed by atoms with E-state index in [1.807, 2.05) is 19.9 Å². The van der Waals surface area contributed by atoms with Gasteiger partial charge in [0, 0.05) is 25.7 Å². The van der Waals surface area contributed by atoms with Crippen molar-refractivity contribution in [1.82, 2.24) is 0 Å². The molecular formula is C31H38O10. The van der Waals surface area contributed by atoms with Crippen LogP contribution in [0, 0.1) is 29.1 Å². The zero-order valence-electron chi connectivity index (χ0n) is 24.2. The predicted octanol–water partition coefficient (Wildman–Crippen LogP) is 2.39. The maximum Gasteiger partial charge on any atom is 0.338 e. The largest absolute Gasteiger partial charge is 0.465 e. The molecule has 1 aliphatic heterocycles. The van der Waals surface area contributed by atoms with E-state index in [-0.39, 0.29) is 12.0 Å². The van der Waals surface area contributed by atoms with Gasteiger partial charge in [0.1, 0.15) is 30.0 Å². The van der Waals surface area contributed by atoms with E-state index in [2.05, 4.69) is 0 Å². The lowest BCUT2D eigenvalue weighted by atomic mass is 9.54. The minimum Gasteiger partial charge on any atom is -0.465 e. The van der Waals surface area contributed by atoms with Gasteiger partial charge in [-0.3, -0.25) is 14.4 Å². The summed E-state index contributed by atoms with van der Waals surface area (Å²) in [6.07, 6.45) is -0.545. The second kappa shape index (κ2) is 9.74. The molecule has 222 valence electrons. The lowest BCUT2D eigenvalue weighted by Crippen LogP contribution is -2.64. The highest BCUT2D eigenvalue weighted by molar-refractivity contribution is 5.97. The Hall–Kier alpha value is -3.08. The van der Waals surface area contributed by atoms with Crippen LogP contribution in [0.3, 0.4) is 0 Å². The molecule has 2 saturated carbocycles. The fraction of sp³-hybridized carbons (Fsp3) is 0.613. The zero-order valence-corrected chi connectivity index (χ0v) is 24.2. The first kappa shape index (κ1) is 29.4. The van der Waals surface area contributed by atoms with Gasteiger partial charge in [-0.1, -0.05) is 31.2 Å². The first-order valence-corrected chi connectivity index (χ1v) is 14.0. The summed E-state index contributed by atoms with van der Waals surface area (Å²) in [5.41, 5.74) is -6.23. The number of ketones is 1. The number of aliphatic hydroxyl groups is 2. The Morgan fingerprint density at radius 1 is 1.02 bits per heavy atom. The zero-order chi connectivity index (χ0) is 30.1. The van der Waals surface area contributed by atoms with Crippen LogP contribution in [0.4, 0.5) is 0 Å². The van der Waals surface area contributed by atoms with Crippen molar-refractivity contribution >= 4 is 23.7 Å². The molecule has 0 spiro atoms. The van der Waals surface area contributed by atoms with Crippen LogP contribution in [-0.4, -0.2) is 75.6 Å². The summed E-state index contributed by atoms with van der Waals surface area (Å²) < 4.78 is 24.3. The molecule has 4 aliphatic rings. The number of carbonyl (C=O) groups is 4. The van der Waals surface area contributed by atoms with Crippen LogP contribution in [0.5, 0.6) is 0 Å². The van der Waals surface area contributed by atoms with Crippen molar-refractivity contribution in [3.05, 3.63) is 48.0 Å². The monoisotopic (exact) mass is 570 g/mol. The molecule has 10 nitrogen and oxygen atoms in total. The molecule has 3 aliphatic carbocycles. The molecule has 2 N–H and O–H groups in total. The van der Waals surface area contributed by atoms with Crippen LogP contribution in [0.25, 0.3) is 0 Å². The molecule has 1 aromatic rings. The molecule has 3 fully saturated rings. The van der Waals surface area contributed by atoms with Crippen molar-refractivity contribution in [2.45, 2.75) is 83.1 Å². The second-order valence-electron chi connectivity index (χ2n) is 12.8. The number of hydrogen-bond acceptors (Lipinski definition) is 10. The maximum absolute atomic E-state index is 14.6. The van der Waals surface area contributed by atoms with Crippen molar-refractivity contribution in [2.75, 3.05) is 6.61 Å². The predicted molar refractivity (Wildman–Crippen MR) is 143 cm³/mol. The van der Waals surface area contributed by atoms with E-state index in [1.54, 1.807) is 50.3 Å². The van der Waals surface area contributed by atoms with E-state index >= 15 is 0 Å². The Balaban J connectivity index is 1.84. The van der Waals surface area contributed by atoms with Crippen LogP contribution in [-0.2, 0) is 33.3 Å². The third kappa shape index (κ3) is 4.25. The number of hydrogen-bond donors (Lipinski definition) is 2. The Kier molecular flexibility index (Phi) is 6.99. The fourth-order valence-corrected chi connectivity index (χ4v) is 8.29. The quantitative estimate of drug-likeness (QED) is 0.307. The van der Waals surface area contributed by atoms with Gasteiger partial charge < -0.3 is 29.2 Å². The van der Waals surface area contributed by atoms with Gasteiger partial charge in [0.25, 0.3) is 0 Å². The standard InChI is InChI=1S/C31H38O10/c1-16-14-31(37)22(23(16)34)25(40-26(35)19-10-8-7-9-11-19)30(15-38-17(2)32)21(39-18(3)33)13-12-20-24(30)29(6,27(31)36)41-28(20,4)5/h7-13,16,20-25,34,37H,14-15H2,1-6H3/t16-,20+,21+,22-,23-,24-,25-,29-,30-,31+/m0/s1. The SMILES string of the molecule is CC(=O)OC[C@@]12[C@H]3[C@@H](C=C[C@H]1OC(C)=O)C(C)(C)O[C@]3(C)C(=O)[C@@]1(O)C[C@H](C)[C@H](O)[C@H]1[C@@H]2OC(=O)c1ccccc1. The molecule has 5 rings (SSSR count). The minimum atomic E-state index is -2.17. The van der Waals surface area contributed by atoms with Gasteiger partial charge in [0.05, 0.1) is 28.6 Å². The normalized spacial score (nSPS) is 42.0. The molecule has 10 heteroatoms. The van der Waals surface area contributed by atoms with E-state index in [0.717, 1.165) is 0 Å². The second-order valence-corrected chi connectivity index (χ2v) is 12.8. The van der Waals surface area contributed by atoms with Gasteiger partial charge in [0.15, 0.2) is 5.78 Å². The summed E-state index contributed by atoms with van der Waals surface area (Å²) >= 11 is 0. The molecular weight excluding hydrogens is 532 g/mol. The molecule has 10 atom stereocenters. The summed E-state index contributed by atoms with van der Waals surface area (Å²) in [4.78, 5) is 53.1. The Morgan fingerprint density at radius 3 is 2.29 bits per heavy atom. The number of benzene rings is 1. The third-order valence-corrected chi connectivity index (χ3v) is 9.73. The smallest absolute Gasteiger partial charge is 0.338 e. The van der Waals surface area contributed by atoms with Gasteiger partial charge in [-0.05, 0) is 51.3 Å². The molecule has 0 amide bonds. The molecule has 0 bridgehead atoms. The highest BCUT2D eigenvalue weighted by Crippen LogP contribution is 2.66. The highest BCUT2D eigenvalue weighted by atomic mass is 16.6. The number of rotatable bonds is 5. The number of carbonyl (C=O) groups excluding carboxylic acids is 4. The van der Waals surface area contributed by atoms with Gasteiger partial charge in [-0.25, -0.2) is 4.79 Å². The molecule has 41 heavy (non-hydrogen) atoms. The van der Waals surface area contributed by atoms with Crippen molar-refractivity contribution in [2.24, 2.45) is 29.1 Å². The number of Topliss-reactive ketones (excluding diaryl/α,β-unsaturated/α-hetero) is 1. The Bertz CT molecular complexity index is 1290. The van der Waals surface area contributed by atoms with E-state index in [9.17, 15) is 29.4 Å². The average Bonchev–Trinajstić information content (AvgIpc) is 3.25. The highest BCUT2D eigenvalue weighted by Gasteiger charge is 2.80. The first-order chi connectivity index (χ1) is 19.1. The summed E-state index contributed by atoms with van der Waals surface area (Å²) in [6, 6.07) is 8.18. The third-order valence-electron chi connectivity index (χ3n) is 9.73. The minimum absolute atomic E-state index is 0.108. The molecule has 0 radical (unpaired) electrons. The number of fused-ring (bicyclic) bond motifs is 1. The van der Waals surface area contributed by atoms with Gasteiger partial charge in [0.2, 0.25) is 0 Å². The van der Waals surface area contributed by atoms with Crippen LogP contribution in [0.1, 0.15) is 58.3 Å². The molecule has 1 aromatic carbocycles. The van der Waals surface area contributed by atoms with Crippen molar-refractivity contribution in [3.63, 3.8) is 0 Å². The van der Waals surface area contributed by atoms with Crippen LogP contribution >= 0.6 is 0 Å². The van der Waals surface area contributed by atoms with Gasteiger partial charge >= 0.3 is 17.9 Å². The van der Waals surface area contributed by atoms with Crippen molar-refractivity contribution < 1.29 is 48.3 Å². The topological polar surface area (TPSA) is 146 Å². The molecule has 0 unspecified atom stereocenters.